The fourth-order valence-corrected chi connectivity index (χ4v) is 4.43. The van der Waals surface area contributed by atoms with Gasteiger partial charge in [-0.15, -0.1) is 10.2 Å². The number of primary amides is 1. The summed E-state index contributed by atoms with van der Waals surface area (Å²) >= 11 is 1.39. The van der Waals surface area contributed by atoms with Crippen LogP contribution in [-0.2, 0) is 16.1 Å². The lowest BCUT2D eigenvalue weighted by molar-refractivity contribution is -0.120. The third-order valence-electron chi connectivity index (χ3n) is 5.66. The van der Waals surface area contributed by atoms with Crippen molar-refractivity contribution in [3.63, 3.8) is 0 Å². The number of nitrogens with two attached hydrogens (primary N) is 1. The summed E-state index contributed by atoms with van der Waals surface area (Å²) in [7, 11) is 0. The van der Waals surface area contributed by atoms with Gasteiger partial charge in [-0.2, -0.15) is 0 Å². The van der Waals surface area contributed by atoms with Gasteiger partial charge in [0.25, 0.3) is 0 Å². The van der Waals surface area contributed by atoms with Crippen molar-refractivity contribution in [2.45, 2.75) is 76.0 Å². The van der Waals surface area contributed by atoms with Gasteiger partial charge in [0, 0.05) is 24.9 Å². The molecule has 3 unspecified atom stereocenters. The normalized spacial score (nSPS) is 25.8. The highest BCUT2D eigenvalue weighted by molar-refractivity contribution is 7.99. The van der Waals surface area contributed by atoms with Crippen LogP contribution >= 0.6 is 11.8 Å². The van der Waals surface area contributed by atoms with E-state index >= 15 is 0 Å². The molecule has 2 aliphatic carbocycles. The molecule has 1 aromatic heterocycles. The topological polar surface area (TPSA) is 103 Å². The Kier molecular flexibility index (Phi) is 6.21. The van der Waals surface area contributed by atoms with E-state index in [0.29, 0.717) is 35.2 Å². The predicted molar refractivity (Wildman–Crippen MR) is 101 cm³/mol. The van der Waals surface area contributed by atoms with Gasteiger partial charge in [-0.1, -0.05) is 38.5 Å². The largest absolute Gasteiger partial charge is 0.370 e. The van der Waals surface area contributed by atoms with Crippen LogP contribution in [0.1, 0.15) is 64.1 Å². The molecule has 0 aliphatic heterocycles. The molecule has 1 aromatic rings. The number of rotatable bonds is 8. The average Bonchev–Trinajstić information content (AvgIpc) is 3.36. The van der Waals surface area contributed by atoms with Crippen molar-refractivity contribution < 1.29 is 9.59 Å². The first-order chi connectivity index (χ1) is 12.5. The molecular formula is C18H29N5O2S. The van der Waals surface area contributed by atoms with Crippen molar-refractivity contribution in [1.29, 1.82) is 0 Å². The molecule has 2 amide bonds. The minimum atomic E-state index is -0.338. The molecule has 2 fully saturated rings. The molecular weight excluding hydrogens is 350 g/mol. The van der Waals surface area contributed by atoms with E-state index in [2.05, 4.69) is 29.4 Å². The number of thioether (sulfide) groups is 1. The zero-order chi connectivity index (χ0) is 18.7. The Morgan fingerprint density at radius 2 is 2.00 bits per heavy atom. The van der Waals surface area contributed by atoms with Crippen LogP contribution in [0.15, 0.2) is 5.16 Å². The summed E-state index contributed by atoms with van der Waals surface area (Å²) in [5.41, 5.74) is 5.29. The van der Waals surface area contributed by atoms with E-state index < -0.39 is 0 Å². The summed E-state index contributed by atoms with van der Waals surface area (Å²) in [6.45, 7) is 4.97. The minimum absolute atomic E-state index is 0.0402. The van der Waals surface area contributed by atoms with Crippen molar-refractivity contribution in [3.05, 3.63) is 5.82 Å². The third-order valence-corrected chi connectivity index (χ3v) is 6.62. The van der Waals surface area contributed by atoms with Gasteiger partial charge in [-0.3, -0.25) is 9.59 Å². The minimum Gasteiger partial charge on any atom is -0.370 e. The molecule has 8 heteroatoms. The SMILES string of the molecule is CC1CCCC(NC(=O)CSc2nnc(C3CC3)n2CCC(N)=O)C1C. The maximum atomic E-state index is 12.4. The highest BCUT2D eigenvalue weighted by Crippen LogP contribution is 2.40. The molecule has 7 nitrogen and oxygen atoms in total. The van der Waals surface area contributed by atoms with E-state index in [1.54, 1.807) is 0 Å². The molecule has 3 N–H and O–H groups in total. The Bertz CT molecular complexity index is 658. The average molecular weight is 380 g/mol. The first kappa shape index (κ1) is 19.2. The Balaban J connectivity index is 1.56. The molecule has 26 heavy (non-hydrogen) atoms. The van der Waals surface area contributed by atoms with Gasteiger partial charge >= 0.3 is 0 Å². The zero-order valence-corrected chi connectivity index (χ0v) is 16.4. The zero-order valence-electron chi connectivity index (χ0n) is 15.6. The Labute approximate surface area is 158 Å². The van der Waals surface area contributed by atoms with E-state index in [-0.39, 0.29) is 24.3 Å². The second kappa shape index (κ2) is 8.41. The van der Waals surface area contributed by atoms with Crippen molar-refractivity contribution in [2.24, 2.45) is 17.6 Å². The van der Waals surface area contributed by atoms with E-state index in [1.165, 1.54) is 24.6 Å². The van der Waals surface area contributed by atoms with Crippen LogP contribution in [0.5, 0.6) is 0 Å². The lowest BCUT2D eigenvalue weighted by Crippen LogP contribution is -2.44. The molecule has 2 aliphatic rings. The quantitative estimate of drug-likeness (QED) is 0.673. The number of nitrogens with one attached hydrogen (secondary N) is 1. The monoisotopic (exact) mass is 379 g/mol. The van der Waals surface area contributed by atoms with E-state index in [4.69, 9.17) is 5.73 Å². The standard InChI is InChI=1S/C18H29N5O2S/c1-11-4-3-5-14(12(11)2)20-16(25)10-26-18-22-21-17(13-6-7-13)23(18)9-8-15(19)24/h11-14H,3-10H2,1-2H3,(H2,19,24)(H,20,25). The maximum Gasteiger partial charge on any atom is 0.230 e. The van der Waals surface area contributed by atoms with Crippen LogP contribution < -0.4 is 11.1 Å². The number of carbonyl (C=O) groups is 2. The molecule has 1 heterocycles. The van der Waals surface area contributed by atoms with Crippen molar-refractivity contribution >= 4 is 23.6 Å². The van der Waals surface area contributed by atoms with Crippen molar-refractivity contribution in [3.8, 4) is 0 Å². The van der Waals surface area contributed by atoms with Gasteiger partial charge in [-0.25, -0.2) is 0 Å². The predicted octanol–water partition coefficient (Wildman–Crippen LogP) is 2.06. The second-order valence-electron chi connectivity index (χ2n) is 7.71. The van der Waals surface area contributed by atoms with Gasteiger partial charge in [0.05, 0.1) is 5.75 Å². The lowest BCUT2D eigenvalue weighted by Gasteiger charge is -2.34. The van der Waals surface area contributed by atoms with E-state index in [1.807, 2.05) is 4.57 Å². The van der Waals surface area contributed by atoms with Gasteiger partial charge in [0.1, 0.15) is 5.82 Å². The molecule has 3 rings (SSSR count). The van der Waals surface area contributed by atoms with Crippen LogP contribution in [0.2, 0.25) is 0 Å². The highest BCUT2D eigenvalue weighted by Gasteiger charge is 2.31. The van der Waals surface area contributed by atoms with E-state index in [0.717, 1.165) is 25.1 Å². The lowest BCUT2D eigenvalue weighted by atomic mass is 9.78. The fraction of sp³-hybridized carbons (Fsp3) is 0.778. The van der Waals surface area contributed by atoms with Crippen LogP contribution in [-0.4, -0.2) is 38.4 Å². The molecule has 144 valence electrons. The number of carbonyl (C=O) groups excluding carboxylic acids is 2. The van der Waals surface area contributed by atoms with Gasteiger partial charge in [0.2, 0.25) is 11.8 Å². The summed E-state index contributed by atoms with van der Waals surface area (Å²) in [4.78, 5) is 23.5. The third kappa shape index (κ3) is 4.78. The van der Waals surface area contributed by atoms with Crippen LogP contribution in [0.3, 0.4) is 0 Å². The molecule has 2 saturated carbocycles. The summed E-state index contributed by atoms with van der Waals surface area (Å²) in [6.07, 6.45) is 5.96. The first-order valence-corrected chi connectivity index (χ1v) is 10.6. The Morgan fingerprint density at radius 1 is 1.23 bits per heavy atom. The van der Waals surface area contributed by atoms with Crippen molar-refractivity contribution in [2.75, 3.05) is 5.75 Å². The second-order valence-corrected chi connectivity index (χ2v) is 8.66. The summed E-state index contributed by atoms with van der Waals surface area (Å²) in [5.74, 6) is 2.54. The highest BCUT2D eigenvalue weighted by atomic mass is 32.2. The van der Waals surface area contributed by atoms with Crippen LogP contribution in [0, 0.1) is 11.8 Å². The van der Waals surface area contributed by atoms with Crippen LogP contribution in [0.25, 0.3) is 0 Å². The smallest absolute Gasteiger partial charge is 0.230 e. The number of nitrogens with zero attached hydrogens (tertiary/aromatic N) is 3. The number of hydrogen-bond acceptors (Lipinski definition) is 5. The van der Waals surface area contributed by atoms with Gasteiger partial charge in [-0.05, 0) is 31.1 Å². The fourth-order valence-electron chi connectivity index (χ4n) is 3.65. The van der Waals surface area contributed by atoms with Crippen LogP contribution in [0.4, 0.5) is 0 Å². The summed E-state index contributed by atoms with van der Waals surface area (Å²) in [6, 6.07) is 0.265. The Morgan fingerprint density at radius 3 is 2.69 bits per heavy atom. The number of aromatic nitrogens is 3. The summed E-state index contributed by atoms with van der Waals surface area (Å²) in [5, 5.41) is 12.4. The number of hydrogen-bond donors (Lipinski definition) is 2. The molecule has 0 bridgehead atoms. The van der Waals surface area contributed by atoms with Gasteiger partial charge in [0.15, 0.2) is 5.16 Å². The first-order valence-electron chi connectivity index (χ1n) is 9.59. The molecule has 3 atom stereocenters. The number of amides is 2. The molecule has 0 spiro atoms. The van der Waals surface area contributed by atoms with E-state index in [9.17, 15) is 9.59 Å². The Hall–Kier alpha value is -1.57. The molecule has 0 radical (unpaired) electrons. The molecule has 0 aromatic carbocycles. The van der Waals surface area contributed by atoms with Crippen molar-refractivity contribution in [1.82, 2.24) is 20.1 Å². The maximum absolute atomic E-state index is 12.4. The summed E-state index contributed by atoms with van der Waals surface area (Å²) < 4.78 is 1.96. The molecule has 0 saturated heterocycles. The van der Waals surface area contributed by atoms with Gasteiger partial charge < -0.3 is 15.6 Å².